The number of morpholine rings is 1. The Balaban J connectivity index is 1.43. The number of amides is 1. The Kier molecular flexibility index (Phi) is 6.71. The summed E-state index contributed by atoms with van der Waals surface area (Å²) in [6.45, 7) is 3.85. The molecule has 1 aliphatic heterocycles. The van der Waals surface area contributed by atoms with Gasteiger partial charge in [-0.3, -0.25) is 4.79 Å². The van der Waals surface area contributed by atoms with Crippen LogP contribution in [0.2, 0.25) is 0 Å². The molecule has 1 amide bonds. The van der Waals surface area contributed by atoms with Crippen LogP contribution in [0, 0.1) is 0 Å². The first-order chi connectivity index (χ1) is 12.3. The van der Waals surface area contributed by atoms with Gasteiger partial charge in [0.2, 0.25) is 0 Å². The van der Waals surface area contributed by atoms with Crippen molar-refractivity contribution in [3.63, 3.8) is 0 Å². The molecular formula is C19H24N3O2S+. The number of aromatic amines is 1. The number of anilines is 1. The normalized spacial score (nSPS) is 14.3. The fourth-order valence-electron chi connectivity index (χ4n) is 2.70. The number of nitrogens with zero attached hydrogens (tertiary/aromatic N) is 1. The first kappa shape index (κ1) is 17.8. The van der Waals surface area contributed by atoms with E-state index in [1.54, 1.807) is 0 Å². The van der Waals surface area contributed by atoms with Crippen LogP contribution in [0.15, 0.2) is 48.7 Å². The predicted molar refractivity (Wildman–Crippen MR) is 101 cm³/mol. The van der Waals surface area contributed by atoms with E-state index in [1.165, 1.54) is 5.56 Å². The van der Waals surface area contributed by atoms with Crippen molar-refractivity contribution in [3.8, 4) is 0 Å². The van der Waals surface area contributed by atoms with E-state index in [4.69, 9.17) is 4.74 Å². The number of hydrogen-bond donors (Lipinski definition) is 1. The predicted octanol–water partition coefficient (Wildman–Crippen LogP) is 2.00. The van der Waals surface area contributed by atoms with E-state index in [9.17, 15) is 4.79 Å². The van der Waals surface area contributed by atoms with Crippen molar-refractivity contribution in [2.75, 3.05) is 43.5 Å². The van der Waals surface area contributed by atoms with Crippen LogP contribution in [0.5, 0.6) is 0 Å². The summed E-state index contributed by atoms with van der Waals surface area (Å²) in [5, 5.41) is 2.98. The Bertz CT molecular complexity index is 675. The van der Waals surface area contributed by atoms with Gasteiger partial charge >= 0.3 is 5.91 Å². The van der Waals surface area contributed by atoms with Crippen molar-refractivity contribution in [3.05, 3.63) is 59.9 Å². The molecule has 2 N–H and O–H groups in total. The van der Waals surface area contributed by atoms with E-state index in [0.717, 1.165) is 43.5 Å². The molecule has 6 heteroatoms. The minimum absolute atomic E-state index is 0.0598. The number of ether oxygens (including phenoxy) is 1. The standard InChI is InChI=1S/C19H23N3O2S/c23-19(21-8-13-25-15-16-4-2-1-3-5-16)18-14-17(6-7-20-18)22-9-11-24-12-10-22/h1-7,14H,8-13,15H2,(H,21,23)/p+1. The highest BCUT2D eigenvalue weighted by molar-refractivity contribution is 7.98. The molecule has 1 aromatic heterocycles. The Morgan fingerprint density at radius 1 is 1.20 bits per heavy atom. The second-order valence-corrected chi connectivity index (χ2v) is 6.96. The number of aromatic nitrogens is 1. The lowest BCUT2D eigenvalue weighted by atomic mass is 10.2. The third-order valence-corrected chi connectivity index (χ3v) is 5.08. The van der Waals surface area contributed by atoms with Crippen LogP contribution in [0.1, 0.15) is 16.1 Å². The molecule has 132 valence electrons. The molecule has 1 aliphatic rings. The summed E-state index contributed by atoms with van der Waals surface area (Å²) in [7, 11) is 0. The van der Waals surface area contributed by atoms with Gasteiger partial charge in [0, 0.05) is 49.0 Å². The summed E-state index contributed by atoms with van der Waals surface area (Å²) < 4.78 is 5.38. The first-order valence-electron chi connectivity index (χ1n) is 8.57. The first-order valence-corrected chi connectivity index (χ1v) is 9.73. The Labute approximate surface area is 152 Å². The van der Waals surface area contributed by atoms with Gasteiger partial charge in [-0.15, -0.1) is 0 Å². The van der Waals surface area contributed by atoms with Gasteiger partial charge in [-0.05, 0) is 5.56 Å². The Hall–Kier alpha value is -2.05. The summed E-state index contributed by atoms with van der Waals surface area (Å²) in [6, 6.07) is 14.3. The lowest BCUT2D eigenvalue weighted by Gasteiger charge is -2.28. The van der Waals surface area contributed by atoms with E-state index < -0.39 is 0 Å². The zero-order chi connectivity index (χ0) is 17.3. The fourth-order valence-corrected chi connectivity index (χ4v) is 3.52. The molecule has 1 aromatic carbocycles. The van der Waals surface area contributed by atoms with Crippen molar-refractivity contribution < 1.29 is 14.5 Å². The monoisotopic (exact) mass is 358 g/mol. The molecular weight excluding hydrogens is 334 g/mol. The molecule has 0 aliphatic carbocycles. The van der Waals surface area contributed by atoms with Crippen LogP contribution in [-0.4, -0.2) is 44.5 Å². The van der Waals surface area contributed by atoms with Crippen LogP contribution in [-0.2, 0) is 10.5 Å². The Morgan fingerprint density at radius 3 is 2.80 bits per heavy atom. The maximum atomic E-state index is 12.3. The molecule has 3 rings (SSSR count). The van der Waals surface area contributed by atoms with Gasteiger partial charge < -0.3 is 15.0 Å². The van der Waals surface area contributed by atoms with E-state index in [-0.39, 0.29) is 5.91 Å². The van der Waals surface area contributed by atoms with Crippen LogP contribution in [0.4, 0.5) is 5.69 Å². The number of hydrogen-bond acceptors (Lipinski definition) is 4. The Morgan fingerprint density at radius 2 is 2.00 bits per heavy atom. The smallest absolute Gasteiger partial charge is 0.316 e. The van der Waals surface area contributed by atoms with Gasteiger partial charge in [0.05, 0.1) is 13.2 Å². The van der Waals surface area contributed by atoms with Crippen molar-refractivity contribution in [2.45, 2.75) is 5.75 Å². The van der Waals surface area contributed by atoms with Gasteiger partial charge in [0.15, 0.2) is 6.20 Å². The van der Waals surface area contributed by atoms with E-state index >= 15 is 0 Å². The molecule has 2 heterocycles. The van der Waals surface area contributed by atoms with Gasteiger partial charge in [-0.2, -0.15) is 11.8 Å². The fraction of sp³-hybridized carbons (Fsp3) is 0.368. The maximum absolute atomic E-state index is 12.3. The van der Waals surface area contributed by atoms with E-state index in [2.05, 4.69) is 39.5 Å². The van der Waals surface area contributed by atoms with E-state index in [0.29, 0.717) is 12.2 Å². The number of H-pyrrole nitrogens is 1. The maximum Gasteiger partial charge on any atom is 0.316 e. The molecule has 1 saturated heterocycles. The summed E-state index contributed by atoms with van der Waals surface area (Å²) in [6.07, 6.45) is 1.82. The summed E-state index contributed by atoms with van der Waals surface area (Å²) in [5.41, 5.74) is 2.97. The van der Waals surface area contributed by atoms with Crippen molar-refractivity contribution in [1.82, 2.24) is 5.32 Å². The molecule has 25 heavy (non-hydrogen) atoms. The van der Waals surface area contributed by atoms with E-state index in [1.807, 2.05) is 36.2 Å². The highest BCUT2D eigenvalue weighted by Crippen LogP contribution is 2.15. The van der Waals surface area contributed by atoms with Crippen molar-refractivity contribution in [2.24, 2.45) is 0 Å². The number of carbonyl (C=O) groups is 1. The third kappa shape index (κ3) is 5.47. The topological polar surface area (TPSA) is 55.7 Å². The number of nitrogens with one attached hydrogen (secondary N) is 2. The van der Waals surface area contributed by atoms with Gasteiger partial charge in [0.1, 0.15) is 0 Å². The number of pyridine rings is 1. The van der Waals surface area contributed by atoms with Crippen LogP contribution in [0.25, 0.3) is 0 Å². The van der Waals surface area contributed by atoms with Crippen LogP contribution in [0.3, 0.4) is 0 Å². The van der Waals surface area contributed by atoms with Gasteiger partial charge in [-0.1, -0.05) is 30.3 Å². The molecule has 0 spiro atoms. The lowest BCUT2D eigenvalue weighted by Crippen LogP contribution is -2.37. The molecule has 0 unspecified atom stereocenters. The average Bonchev–Trinajstić information content (AvgIpc) is 2.69. The zero-order valence-electron chi connectivity index (χ0n) is 14.2. The molecule has 1 fully saturated rings. The number of rotatable bonds is 7. The summed E-state index contributed by atoms with van der Waals surface area (Å²) in [4.78, 5) is 17.6. The largest absolute Gasteiger partial charge is 0.378 e. The zero-order valence-corrected chi connectivity index (χ0v) is 15.1. The van der Waals surface area contributed by atoms with Crippen molar-refractivity contribution >= 4 is 23.4 Å². The van der Waals surface area contributed by atoms with Gasteiger partial charge in [0.25, 0.3) is 5.69 Å². The lowest BCUT2D eigenvalue weighted by molar-refractivity contribution is -0.381. The van der Waals surface area contributed by atoms with Crippen LogP contribution < -0.4 is 15.2 Å². The SMILES string of the molecule is O=C(NCCSCc1ccccc1)c1cc(N2CCOCC2)cc[nH+]1. The van der Waals surface area contributed by atoms with Crippen LogP contribution >= 0.6 is 11.8 Å². The van der Waals surface area contributed by atoms with Gasteiger partial charge in [-0.25, -0.2) is 4.98 Å². The third-order valence-electron chi connectivity index (χ3n) is 4.05. The minimum Gasteiger partial charge on any atom is -0.378 e. The molecule has 0 bridgehead atoms. The molecule has 5 nitrogen and oxygen atoms in total. The van der Waals surface area contributed by atoms with Crippen molar-refractivity contribution in [1.29, 1.82) is 0 Å². The minimum atomic E-state index is -0.0598. The molecule has 2 aromatic rings. The second-order valence-electron chi connectivity index (χ2n) is 5.85. The summed E-state index contributed by atoms with van der Waals surface area (Å²) >= 11 is 1.82. The molecule has 0 radical (unpaired) electrons. The average molecular weight is 358 g/mol. The number of benzene rings is 1. The molecule has 0 atom stereocenters. The summed E-state index contributed by atoms with van der Waals surface area (Å²) in [5.74, 6) is 1.80. The molecule has 0 saturated carbocycles. The number of carbonyl (C=O) groups excluding carboxylic acids is 1. The second kappa shape index (κ2) is 9.44. The number of thioether (sulfide) groups is 1. The quantitative estimate of drug-likeness (QED) is 0.769. The highest BCUT2D eigenvalue weighted by Gasteiger charge is 2.17. The highest BCUT2D eigenvalue weighted by atomic mass is 32.2.